The maximum Gasteiger partial charge on any atom is 0.0714 e. The van der Waals surface area contributed by atoms with E-state index in [1.54, 1.807) is 0 Å². The van der Waals surface area contributed by atoms with Crippen molar-refractivity contribution in [1.29, 1.82) is 0 Å². The maximum atomic E-state index is 2.57. The van der Waals surface area contributed by atoms with E-state index in [1.165, 1.54) is 105 Å². The van der Waals surface area contributed by atoms with Gasteiger partial charge in [0.1, 0.15) is 0 Å². The SMILES string of the molecule is CC(C)(C)c1ccc(-c2ccc(N(c3cccc4c3-c3ccccc3C4(c3ccccc3)c3ccccc3)c3ccc4ccccc4c3-c3ccccc3-c3cccc4c3-c3ccccc3C4(C)C)cc2)cc1. The molecule has 1 heteroatoms. The van der Waals surface area contributed by atoms with Gasteiger partial charge < -0.3 is 4.90 Å². The molecular formula is C72H57N. The summed E-state index contributed by atoms with van der Waals surface area (Å²) in [4.78, 5) is 2.57. The molecule has 11 aromatic rings. The third-order valence-corrected chi connectivity index (χ3v) is 16.2. The molecule has 0 amide bonds. The predicted octanol–water partition coefficient (Wildman–Crippen LogP) is 19.3. The standard InChI is InChI=1S/C72H57N/c1-70(2,3)51-43-38-48(39-44-51)49-40-45-54(46-41-49)73(65-37-21-36-64-69(65)60-31-17-19-34-62(60)72(64,52-23-8-6-9-24-52)53-25-10-7-11-26-53)66-47-42-50-22-12-13-27-55(50)68(66)58-29-15-14-28-56(58)57-32-20-35-63-67(57)59-30-16-18-33-61(59)71(63,4)5/h6-47H,1-5H3. The highest BCUT2D eigenvalue weighted by atomic mass is 15.1. The molecule has 0 fully saturated rings. The Morgan fingerprint density at radius 3 is 1.49 bits per heavy atom. The zero-order valence-electron chi connectivity index (χ0n) is 42.2. The first kappa shape index (κ1) is 44.4. The second kappa shape index (κ2) is 17.1. The molecule has 1 nitrogen and oxygen atoms in total. The smallest absolute Gasteiger partial charge is 0.0714 e. The lowest BCUT2D eigenvalue weighted by Gasteiger charge is -2.35. The molecule has 0 heterocycles. The number of hydrogen-bond acceptors (Lipinski definition) is 1. The van der Waals surface area contributed by atoms with Crippen LogP contribution >= 0.6 is 0 Å². The van der Waals surface area contributed by atoms with Gasteiger partial charge in [-0.1, -0.05) is 265 Å². The molecule has 0 bridgehead atoms. The lowest BCUT2D eigenvalue weighted by molar-refractivity contribution is 0.590. The van der Waals surface area contributed by atoms with E-state index < -0.39 is 5.41 Å². The van der Waals surface area contributed by atoms with Crippen molar-refractivity contribution >= 4 is 27.8 Å². The van der Waals surface area contributed by atoms with Crippen LogP contribution in [0.1, 0.15) is 73.6 Å². The minimum Gasteiger partial charge on any atom is -0.309 e. The van der Waals surface area contributed by atoms with Crippen molar-refractivity contribution < 1.29 is 0 Å². The third kappa shape index (κ3) is 6.90. The van der Waals surface area contributed by atoms with Crippen molar-refractivity contribution in [2.45, 2.75) is 50.9 Å². The van der Waals surface area contributed by atoms with Crippen LogP contribution in [0.2, 0.25) is 0 Å². The highest BCUT2D eigenvalue weighted by Gasteiger charge is 2.47. The number of anilines is 3. The summed E-state index contributed by atoms with van der Waals surface area (Å²) in [6, 6.07) is 95.6. The first-order valence-electron chi connectivity index (χ1n) is 25.8. The van der Waals surface area contributed by atoms with Gasteiger partial charge in [0.25, 0.3) is 0 Å². The van der Waals surface area contributed by atoms with Gasteiger partial charge >= 0.3 is 0 Å². The molecule has 0 spiro atoms. The van der Waals surface area contributed by atoms with Crippen LogP contribution in [0.4, 0.5) is 17.1 Å². The molecule has 0 saturated heterocycles. The topological polar surface area (TPSA) is 3.24 Å². The van der Waals surface area contributed by atoms with Gasteiger partial charge in [-0.05, 0) is 124 Å². The Bertz CT molecular complexity index is 3850. The Morgan fingerprint density at radius 2 is 0.822 bits per heavy atom. The summed E-state index contributed by atoms with van der Waals surface area (Å²) in [7, 11) is 0. The van der Waals surface area contributed by atoms with E-state index in [4.69, 9.17) is 0 Å². The van der Waals surface area contributed by atoms with Crippen molar-refractivity contribution in [3.63, 3.8) is 0 Å². The minimum atomic E-state index is -0.560. The molecule has 0 saturated carbocycles. The molecule has 2 aliphatic carbocycles. The van der Waals surface area contributed by atoms with E-state index in [0.717, 1.165) is 17.1 Å². The fourth-order valence-electron chi connectivity index (χ4n) is 12.7. The number of benzene rings is 11. The zero-order chi connectivity index (χ0) is 49.5. The van der Waals surface area contributed by atoms with Crippen molar-refractivity contribution in [1.82, 2.24) is 0 Å². The summed E-state index contributed by atoms with van der Waals surface area (Å²) < 4.78 is 0. The molecule has 0 unspecified atom stereocenters. The average molecular weight is 936 g/mol. The van der Waals surface area contributed by atoms with Crippen LogP contribution in [0.15, 0.2) is 255 Å². The van der Waals surface area contributed by atoms with E-state index in [1.807, 2.05) is 0 Å². The molecular weight excluding hydrogens is 879 g/mol. The Morgan fingerprint density at radius 1 is 0.329 bits per heavy atom. The summed E-state index contributed by atoms with van der Waals surface area (Å²) in [6.45, 7) is 11.6. The summed E-state index contributed by atoms with van der Waals surface area (Å²) >= 11 is 0. The molecule has 2 aliphatic rings. The van der Waals surface area contributed by atoms with Gasteiger partial charge in [-0.25, -0.2) is 0 Å². The average Bonchev–Trinajstić information content (AvgIpc) is 3.88. The Kier molecular flexibility index (Phi) is 10.4. The van der Waals surface area contributed by atoms with Gasteiger partial charge in [0.05, 0.1) is 16.8 Å². The highest BCUT2D eigenvalue weighted by molar-refractivity contribution is 6.11. The van der Waals surface area contributed by atoms with Gasteiger partial charge in [0.15, 0.2) is 0 Å². The summed E-state index contributed by atoms with van der Waals surface area (Å²) in [5.41, 5.74) is 24.2. The van der Waals surface area contributed by atoms with Gasteiger partial charge in [-0.15, -0.1) is 0 Å². The van der Waals surface area contributed by atoms with Crippen LogP contribution < -0.4 is 4.90 Å². The second-order valence-electron chi connectivity index (χ2n) is 21.6. The normalized spacial score (nSPS) is 13.8. The van der Waals surface area contributed by atoms with Crippen molar-refractivity contribution in [3.8, 4) is 55.6 Å². The fourth-order valence-corrected chi connectivity index (χ4v) is 12.7. The lowest BCUT2D eigenvalue weighted by Crippen LogP contribution is -2.28. The lowest BCUT2D eigenvalue weighted by atomic mass is 9.68. The first-order chi connectivity index (χ1) is 35.6. The number of hydrogen-bond donors (Lipinski definition) is 0. The van der Waals surface area contributed by atoms with Gasteiger partial charge in [-0.2, -0.15) is 0 Å². The van der Waals surface area contributed by atoms with Crippen LogP contribution in [0.3, 0.4) is 0 Å². The fraction of sp³-hybridized carbons (Fsp3) is 0.111. The van der Waals surface area contributed by atoms with Crippen molar-refractivity contribution in [3.05, 3.63) is 294 Å². The monoisotopic (exact) mass is 935 g/mol. The number of rotatable bonds is 8. The molecule has 73 heavy (non-hydrogen) atoms. The molecule has 0 aromatic heterocycles. The third-order valence-electron chi connectivity index (χ3n) is 16.2. The van der Waals surface area contributed by atoms with Gasteiger partial charge in [0.2, 0.25) is 0 Å². The summed E-state index contributed by atoms with van der Waals surface area (Å²) in [6.07, 6.45) is 0. The quantitative estimate of drug-likeness (QED) is 0.147. The molecule has 0 aliphatic heterocycles. The van der Waals surface area contributed by atoms with Crippen LogP contribution in [-0.4, -0.2) is 0 Å². The first-order valence-corrected chi connectivity index (χ1v) is 25.8. The second-order valence-corrected chi connectivity index (χ2v) is 21.6. The van der Waals surface area contributed by atoms with Crippen LogP contribution in [-0.2, 0) is 16.2 Å². The van der Waals surface area contributed by atoms with E-state index in [0.29, 0.717) is 0 Å². The Hall–Kier alpha value is -8.52. The van der Waals surface area contributed by atoms with Crippen LogP contribution in [0.5, 0.6) is 0 Å². The van der Waals surface area contributed by atoms with Crippen LogP contribution in [0, 0.1) is 0 Å². The summed E-state index contributed by atoms with van der Waals surface area (Å²) in [5, 5.41) is 2.41. The molecule has 0 N–H and O–H groups in total. The predicted molar refractivity (Wildman–Crippen MR) is 309 cm³/mol. The minimum absolute atomic E-state index is 0.0773. The Balaban J connectivity index is 1.10. The van der Waals surface area contributed by atoms with E-state index in [9.17, 15) is 0 Å². The largest absolute Gasteiger partial charge is 0.309 e. The van der Waals surface area contributed by atoms with E-state index in [2.05, 4.69) is 294 Å². The molecule has 13 rings (SSSR count). The highest BCUT2D eigenvalue weighted by Crippen LogP contribution is 2.61. The molecule has 0 radical (unpaired) electrons. The zero-order valence-corrected chi connectivity index (χ0v) is 42.2. The maximum absolute atomic E-state index is 2.57. The number of nitrogens with zero attached hydrogens (tertiary/aromatic N) is 1. The van der Waals surface area contributed by atoms with E-state index in [-0.39, 0.29) is 10.8 Å². The Labute approximate surface area is 430 Å². The summed E-state index contributed by atoms with van der Waals surface area (Å²) in [5.74, 6) is 0. The van der Waals surface area contributed by atoms with Gasteiger partial charge in [-0.3, -0.25) is 0 Å². The van der Waals surface area contributed by atoms with E-state index >= 15 is 0 Å². The van der Waals surface area contributed by atoms with Crippen molar-refractivity contribution in [2.24, 2.45) is 0 Å². The molecule has 350 valence electrons. The molecule has 0 atom stereocenters. The molecule has 11 aromatic carbocycles. The van der Waals surface area contributed by atoms with Crippen LogP contribution in [0.25, 0.3) is 66.4 Å². The van der Waals surface area contributed by atoms with Gasteiger partial charge in [0, 0.05) is 22.2 Å². The number of fused-ring (bicyclic) bond motifs is 7. The van der Waals surface area contributed by atoms with Crippen molar-refractivity contribution in [2.75, 3.05) is 4.90 Å².